The van der Waals surface area contributed by atoms with E-state index in [9.17, 15) is 9.59 Å². The standard InChI is InChI=1S/C42H53ClN2O4/c1-29(40-42(4,5)33-20-11-13-22-35(33)45(40)28-15-7-9-24-38(48)49)31-18-16-17-30(39(31)43)25-26-36-41(2,3)32-19-10-12-21-34(32)44(36)27-14-6-8-23-37(46)47/h10-13,19-22,25,36H,1,6-9,14-18,23-24,26-28H2,2-5H3,(H-,46,47,48,49)/p+1. The van der Waals surface area contributed by atoms with E-state index < -0.39 is 11.9 Å². The molecule has 1 atom stereocenters. The second-order valence-corrected chi connectivity index (χ2v) is 15.5. The van der Waals surface area contributed by atoms with Crippen LogP contribution in [0, 0.1) is 0 Å². The highest BCUT2D eigenvalue weighted by molar-refractivity contribution is 6.33. The lowest BCUT2D eigenvalue weighted by atomic mass is 9.75. The molecule has 0 saturated heterocycles. The van der Waals surface area contributed by atoms with Crippen molar-refractivity contribution in [1.82, 2.24) is 0 Å². The quantitative estimate of drug-likeness (QED) is 0.136. The van der Waals surface area contributed by atoms with Crippen LogP contribution < -0.4 is 4.90 Å². The molecule has 0 radical (unpaired) electrons. The Bertz CT molecular complexity index is 1680. The number of unbranched alkanes of at least 4 members (excludes halogenated alkanes) is 4. The third-order valence-electron chi connectivity index (χ3n) is 11.1. The Kier molecular flexibility index (Phi) is 11.6. The number of allylic oxidation sites excluding steroid dienone is 4. The number of carboxylic acids is 2. The Hall–Kier alpha value is -3.64. The Morgan fingerprint density at radius 3 is 2.22 bits per heavy atom. The van der Waals surface area contributed by atoms with Gasteiger partial charge < -0.3 is 15.1 Å². The summed E-state index contributed by atoms with van der Waals surface area (Å²) in [5.74, 6) is -1.46. The Morgan fingerprint density at radius 1 is 0.898 bits per heavy atom. The first-order valence-electron chi connectivity index (χ1n) is 18.2. The molecule has 1 unspecified atom stereocenters. The number of para-hydroxylation sites is 2. The first kappa shape index (κ1) is 36.6. The normalized spacial score (nSPS) is 20.1. The molecule has 2 aromatic carbocycles. The van der Waals surface area contributed by atoms with Gasteiger partial charge in [-0.05, 0) is 88.0 Å². The molecule has 3 aliphatic rings. The molecule has 6 nitrogen and oxygen atoms in total. The fraction of sp³-hybridized carbons (Fsp3) is 0.500. The van der Waals surface area contributed by atoms with Crippen molar-refractivity contribution in [3.05, 3.63) is 94.1 Å². The number of nitrogens with zero attached hydrogens (tertiary/aromatic N) is 2. The van der Waals surface area contributed by atoms with Crippen LogP contribution in [0.3, 0.4) is 0 Å². The van der Waals surface area contributed by atoms with E-state index >= 15 is 0 Å². The molecule has 2 aromatic rings. The van der Waals surface area contributed by atoms with Crippen LogP contribution in [0.2, 0.25) is 0 Å². The van der Waals surface area contributed by atoms with E-state index in [2.05, 4.69) is 91.8 Å². The van der Waals surface area contributed by atoms with Crippen LogP contribution in [0.25, 0.3) is 0 Å². The van der Waals surface area contributed by atoms with Crippen molar-refractivity contribution in [1.29, 1.82) is 0 Å². The van der Waals surface area contributed by atoms with Gasteiger partial charge in [0.1, 0.15) is 6.54 Å². The van der Waals surface area contributed by atoms with Gasteiger partial charge in [-0.25, -0.2) is 0 Å². The van der Waals surface area contributed by atoms with Gasteiger partial charge in [0.15, 0.2) is 5.71 Å². The fourth-order valence-electron chi connectivity index (χ4n) is 8.50. The topological polar surface area (TPSA) is 80.9 Å². The van der Waals surface area contributed by atoms with Gasteiger partial charge >= 0.3 is 11.9 Å². The van der Waals surface area contributed by atoms with E-state index in [4.69, 9.17) is 28.4 Å². The predicted molar refractivity (Wildman–Crippen MR) is 201 cm³/mol. The van der Waals surface area contributed by atoms with Crippen LogP contribution in [0.4, 0.5) is 11.4 Å². The van der Waals surface area contributed by atoms with Gasteiger partial charge in [-0.1, -0.05) is 80.9 Å². The minimum atomic E-state index is -0.738. The van der Waals surface area contributed by atoms with Crippen molar-refractivity contribution in [3.63, 3.8) is 0 Å². The molecule has 0 spiro atoms. The van der Waals surface area contributed by atoms with E-state index in [1.165, 1.54) is 33.8 Å². The Morgan fingerprint density at radius 2 is 1.53 bits per heavy atom. The van der Waals surface area contributed by atoms with E-state index in [1.54, 1.807) is 0 Å². The summed E-state index contributed by atoms with van der Waals surface area (Å²) < 4.78 is 2.42. The average Bonchev–Trinajstić information content (AvgIpc) is 3.42. The van der Waals surface area contributed by atoms with E-state index in [0.717, 1.165) is 80.6 Å². The summed E-state index contributed by atoms with van der Waals surface area (Å²) >= 11 is 7.38. The number of hydrogen-bond acceptors (Lipinski definition) is 3. The minimum Gasteiger partial charge on any atom is -0.481 e. The largest absolute Gasteiger partial charge is 0.481 e. The molecule has 2 N–H and O–H groups in total. The first-order valence-corrected chi connectivity index (χ1v) is 18.6. The number of hydrogen-bond donors (Lipinski definition) is 2. The summed E-state index contributed by atoms with van der Waals surface area (Å²) in [6, 6.07) is 17.6. The molecule has 2 heterocycles. The maximum atomic E-state index is 11.1. The van der Waals surface area contributed by atoms with E-state index in [1.807, 2.05) is 0 Å². The van der Waals surface area contributed by atoms with Crippen molar-refractivity contribution in [2.75, 3.05) is 18.0 Å². The van der Waals surface area contributed by atoms with Crippen molar-refractivity contribution < 1.29 is 24.4 Å². The molecule has 0 saturated carbocycles. The number of fused-ring (bicyclic) bond motifs is 2. The number of carbonyl (C=O) groups is 2. The summed E-state index contributed by atoms with van der Waals surface area (Å²) in [6.07, 6.45) is 11.6. The van der Waals surface area contributed by atoms with E-state index in [0.29, 0.717) is 12.8 Å². The van der Waals surface area contributed by atoms with Crippen LogP contribution in [-0.4, -0.2) is 51.6 Å². The third kappa shape index (κ3) is 7.75. The molecule has 49 heavy (non-hydrogen) atoms. The van der Waals surface area contributed by atoms with Crippen molar-refractivity contribution in [3.8, 4) is 0 Å². The maximum absolute atomic E-state index is 11.1. The van der Waals surface area contributed by atoms with Crippen molar-refractivity contribution in [2.24, 2.45) is 0 Å². The highest BCUT2D eigenvalue weighted by atomic mass is 35.5. The number of carboxylic acid groups (broad SMARTS) is 2. The fourth-order valence-corrected chi connectivity index (χ4v) is 8.88. The molecule has 0 bridgehead atoms. The smallest absolute Gasteiger partial charge is 0.303 e. The second-order valence-electron chi connectivity index (χ2n) is 15.1. The lowest BCUT2D eigenvalue weighted by Crippen LogP contribution is -2.41. The lowest BCUT2D eigenvalue weighted by Gasteiger charge is -2.34. The van der Waals surface area contributed by atoms with Gasteiger partial charge in [0.05, 0.1) is 5.41 Å². The number of aliphatic carboxylic acids is 2. The molecule has 7 heteroatoms. The molecule has 1 aliphatic carbocycles. The summed E-state index contributed by atoms with van der Waals surface area (Å²) in [5.41, 5.74) is 9.39. The van der Waals surface area contributed by atoms with Gasteiger partial charge in [-0.15, -0.1) is 0 Å². The molecule has 5 rings (SSSR count). The molecular weight excluding hydrogens is 632 g/mol. The van der Waals surface area contributed by atoms with Crippen LogP contribution in [-0.2, 0) is 20.4 Å². The Labute approximate surface area is 297 Å². The van der Waals surface area contributed by atoms with Gasteiger partial charge in [0.2, 0.25) is 5.69 Å². The molecule has 0 aromatic heterocycles. The molecule has 0 amide bonds. The number of rotatable bonds is 16. The molecule has 2 aliphatic heterocycles. The number of benzene rings is 2. The van der Waals surface area contributed by atoms with E-state index in [-0.39, 0.29) is 29.7 Å². The maximum Gasteiger partial charge on any atom is 0.303 e. The highest BCUT2D eigenvalue weighted by Crippen LogP contribution is 2.48. The van der Waals surface area contributed by atoms with Crippen molar-refractivity contribution >= 4 is 40.6 Å². The first-order chi connectivity index (χ1) is 23.4. The number of halogens is 1. The molecule has 0 fully saturated rings. The highest BCUT2D eigenvalue weighted by Gasteiger charge is 2.48. The summed E-state index contributed by atoms with van der Waals surface area (Å²) in [4.78, 5) is 24.7. The molecular formula is C42H54ClN2O4+. The van der Waals surface area contributed by atoms with Crippen LogP contribution >= 0.6 is 11.6 Å². The SMILES string of the molecule is C=C(C1=C(Cl)C(=CCC2N(CCCCCC(=O)O)c3ccccc3C2(C)C)CCC1)C1=[N+](CCCCCC(=O)O)c2ccccc2C1(C)C. The summed E-state index contributed by atoms with van der Waals surface area (Å²) in [5, 5.41) is 19.0. The van der Waals surface area contributed by atoms with Crippen LogP contribution in [0.1, 0.15) is 116 Å². The summed E-state index contributed by atoms with van der Waals surface area (Å²) in [6.45, 7) is 15.7. The van der Waals surface area contributed by atoms with Gasteiger partial charge in [-0.2, -0.15) is 4.58 Å². The van der Waals surface area contributed by atoms with Crippen molar-refractivity contribution in [2.45, 2.75) is 122 Å². The van der Waals surface area contributed by atoms with Crippen LogP contribution in [0.5, 0.6) is 0 Å². The second kappa shape index (κ2) is 15.5. The van der Waals surface area contributed by atoms with Gasteiger partial charge in [0, 0.05) is 65.2 Å². The molecule has 262 valence electrons. The van der Waals surface area contributed by atoms with Gasteiger partial charge in [0.25, 0.3) is 0 Å². The zero-order valence-corrected chi connectivity index (χ0v) is 30.6. The zero-order chi connectivity index (χ0) is 35.3. The minimum absolute atomic E-state index is 0.0491. The predicted octanol–water partition coefficient (Wildman–Crippen LogP) is 10.1. The Balaban J connectivity index is 1.40. The average molecular weight is 686 g/mol. The monoisotopic (exact) mass is 685 g/mol. The van der Waals surface area contributed by atoms with Gasteiger partial charge in [-0.3, -0.25) is 9.59 Å². The number of anilines is 1. The lowest BCUT2D eigenvalue weighted by molar-refractivity contribution is -0.438. The van der Waals surface area contributed by atoms with Crippen LogP contribution in [0.15, 0.2) is 82.9 Å². The third-order valence-corrected chi connectivity index (χ3v) is 11.5. The zero-order valence-electron chi connectivity index (χ0n) is 29.9. The summed E-state index contributed by atoms with van der Waals surface area (Å²) in [7, 11) is 0.